The molecule has 1 heterocycles. The summed E-state index contributed by atoms with van der Waals surface area (Å²) in [5.74, 6) is -0.380. The van der Waals surface area contributed by atoms with Crippen LogP contribution in [-0.2, 0) is 14.4 Å². The van der Waals surface area contributed by atoms with Gasteiger partial charge in [0.05, 0.1) is 25.3 Å². The van der Waals surface area contributed by atoms with Gasteiger partial charge in [-0.25, -0.2) is 0 Å². The Bertz CT molecular complexity index is 764. The number of carbonyl (C=O) groups excluding carboxylic acids is 3. The molecule has 7 nitrogen and oxygen atoms in total. The lowest BCUT2D eigenvalue weighted by atomic mass is 10.1. The van der Waals surface area contributed by atoms with Crippen LogP contribution in [-0.4, -0.2) is 60.8 Å². The summed E-state index contributed by atoms with van der Waals surface area (Å²) in [4.78, 5) is 40.7. The maximum absolute atomic E-state index is 12.7. The lowest BCUT2D eigenvalue weighted by Gasteiger charge is -2.25. The normalized spacial score (nSPS) is 19.8. The quantitative estimate of drug-likeness (QED) is 0.785. The molecule has 152 valence electrons. The minimum absolute atomic E-state index is 0.0479. The molecule has 1 saturated carbocycles. The smallest absolute Gasteiger partial charge is 0.244 e. The topological polar surface area (TPSA) is 79.0 Å². The molecule has 1 aromatic rings. The lowest BCUT2D eigenvalue weighted by molar-refractivity contribution is -0.137. The second-order valence-electron chi connectivity index (χ2n) is 7.47. The van der Waals surface area contributed by atoms with Crippen LogP contribution in [0, 0.1) is 5.92 Å². The fourth-order valence-corrected chi connectivity index (χ4v) is 4.21. The van der Waals surface area contributed by atoms with Gasteiger partial charge >= 0.3 is 0 Å². The highest BCUT2D eigenvalue weighted by Crippen LogP contribution is 2.30. The van der Waals surface area contributed by atoms with Crippen molar-refractivity contribution in [3.63, 3.8) is 0 Å². The highest BCUT2D eigenvalue weighted by atomic mass is 35.5. The van der Waals surface area contributed by atoms with Gasteiger partial charge in [-0.15, -0.1) is 0 Å². The van der Waals surface area contributed by atoms with E-state index in [1.165, 1.54) is 12.0 Å². The van der Waals surface area contributed by atoms with E-state index in [2.05, 4.69) is 5.32 Å². The summed E-state index contributed by atoms with van der Waals surface area (Å²) in [6.45, 7) is 0.346. The Hall–Kier alpha value is -2.28. The van der Waals surface area contributed by atoms with Crippen LogP contribution in [0.25, 0.3) is 0 Å². The first kappa shape index (κ1) is 20.5. The molecule has 1 aromatic carbocycles. The van der Waals surface area contributed by atoms with E-state index < -0.39 is 0 Å². The summed E-state index contributed by atoms with van der Waals surface area (Å²) in [5.41, 5.74) is 0.448. The van der Waals surface area contributed by atoms with Crippen LogP contribution in [0.2, 0.25) is 5.02 Å². The number of hydrogen-bond donors (Lipinski definition) is 1. The monoisotopic (exact) mass is 407 g/mol. The minimum atomic E-state index is -0.383. The molecule has 0 spiro atoms. The van der Waals surface area contributed by atoms with Crippen molar-refractivity contribution in [3.8, 4) is 5.75 Å². The predicted molar refractivity (Wildman–Crippen MR) is 106 cm³/mol. The number of amides is 3. The van der Waals surface area contributed by atoms with Crippen LogP contribution < -0.4 is 10.1 Å². The van der Waals surface area contributed by atoms with Gasteiger partial charge in [0.15, 0.2) is 0 Å². The molecule has 1 unspecified atom stereocenters. The molecule has 0 radical (unpaired) electrons. The molecule has 8 heteroatoms. The third-order valence-electron chi connectivity index (χ3n) is 5.47. The highest BCUT2D eigenvalue weighted by molar-refractivity contribution is 6.31. The van der Waals surface area contributed by atoms with E-state index in [0.717, 1.165) is 25.7 Å². The first-order valence-corrected chi connectivity index (χ1v) is 9.94. The van der Waals surface area contributed by atoms with Crippen molar-refractivity contribution in [2.75, 3.05) is 32.6 Å². The van der Waals surface area contributed by atoms with Gasteiger partial charge in [0, 0.05) is 31.1 Å². The molecule has 1 saturated heterocycles. The largest absolute Gasteiger partial charge is 0.495 e. The third kappa shape index (κ3) is 4.58. The van der Waals surface area contributed by atoms with Crippen molar-refractivity contribution >= 4 is 35.0 Å². The second kappa shape index (κ2) is 8.82. The molecule has 1 aliphatic heterocycles. The number of likely N-dealkylation sites (tertiary alicyclic amines) is 1. The van der Waals surface area contributed by atoms with E-state index in [1.54, 1.807) is 25.2 Å². The molecule has 3 amide bonds. The minimum Gasteiger partial charge on any atom is -0.495 e. The summed E-state index contributed by atoms with van der Waals surface area (Å²) in [5, 5.41) is 3.19. The fraction of sp³-hybridized carbons (Fsp3) is 0.550. The van der Waals surface area contributed by atoms with Gasteiger partial charge in [-0.1, -0.05) is 24.4 Å². The average molecular weight is 408 g/mol. The SMILES string of the molecule is COc1ccc(Cl)cc1NC(=O)CN(C)C(=O)C1CC(=O)N(C2CCCC2)C1. The summed E-state index contributed by atoms with van der Waals surface area (Å²) >= 11 is 5.97. The van der Waals surface area contributed by atoms with Crippen molar-refractivity contribution in [1.82, 2.24) is 9.80 Å². The van der Waals surface area contributed by atoms with Crippen LogP contribution in [0.1, 0.15) is 32.1 Å². The fourth-order valence-electron chi connectivity index (χ4n) is 4.04. The van der Waals surface area contributed by atoms with Crippen molar-refractivity contribution in [3.05, 3.63) is 23.2 Å². The summed E-state index contributed by atoms with van der Waals surface area (Å²) in [6, 6.07) is 5.19. The van der Waals surface area contributed by atoms with Crippen molar-refractivity contribution in [1.29, 1.82) is 0 Å². The summed E-state index contributed by atoms with van der Waals surface area (Å²) in [6.07, 6.45) is 4.54. The van der Waals surface area contributed by atoms with Crippen LogP contribution in [0.4, 0.5) is 5.69 Å². The Balaban J connectivity index is 1.56. The van der Waals surface area contributed by atoms with E-state index in [4.69, 9.17) is 16.3 Å². The number of nitrogens with zero attached hydrogens (tertiary/aromatic N) is 2. The third-order valence-corrected chi connectivity index (χ3v) is 5.70. The standard InChI is InChI=1S/C20H26ClN3O4/c1-23(12-18(25)22-16-10-14(21)7-8-17(16)28-2)20(27)13-9-19(26)24(11-13)15-5-3-4-6-15/h7-8,10,13,15H,3-6,9,11-12H2,1-2H3,(H,22,25). The number of methoxy groups -OCH3 is 1. The number of ether oxygens (including phenoxy) is 1. The molecule has 1 aliphatic carbocycles. The zero-order chi connectivity index (χ0) is 20.3. The number of halogens is 1. The Morgan fingerprint density at radius 2 is 2.04 bits per heavy atom. The van der Waals surface area contributed by atoms with E-state index in [1.807, 2.05) is 4.90 Å². The summed E-state index contributed by atoms with van der Waals surface area (Å²) in [7, 11) is 3.08. The highest BCUT2D eigenvalue weighted by Gasteiger charge is 2.39. The van der Waals surface area contributed by atoms with Crippen LogP contribution >= 0.6 is 11.6 Å². The van der Waals surface area contributed by atoms with Crippen LogP contribution in [0.15, 0.2) is 18.2 Å². The van der Waals surface area contributed by atoms with Gasteiger partial charge in [0.1, 0.15) is 5.75 Å². The number of nitrogens with one attached hydrogen (secondary N) is 1. The zero-order valence-electron chi connectivity index (χ0n) is 16.2. The molecular weight excluding hydrogens is 382 g/mol. The van der Waals surface area contributed by atoms with Crippen LogP contribution in [0.5, 0.6) is 5.75 Å². The van der Waals surface area contributed by atoms with Gasteiger partial charge in [0.2, 0.25) is 17.7 Å². The Labute approximate surface area is 169 Å². The molecule has 0 bridgehead atoms. The first-order chi connectivity index (χ1) is 13.4. The number of rotatable bonds is 6. The average Bonchev–Trinajstić information content (AvgIpc) is 3.30. The summed E-state index contributed by atoms with van der Waals surface area (Å²) < 4.78 is 5.21. The number of benzene rings is 1. The van der Waals surface area contributed by atoms with E-state index in [9.17, 15) is 14.4 Å². The van der Waals surface area contributed by atoms with Crippen LogP contribution in [0.3, 0.4) is 0 Å². The maximum Gasteiger partial charge on any atom is 0.244 e. The number of carbonyl (C=O) groups is 3. The number of anilines is 1. The van der Waals surface area contributed by atoms with Gasteiger partial charge in [-0.3, -0.25) is 14.4 Å². The molecule has 3 rings (SSSR count). The molecular formula is C20H26ClN3O4. The van der Waals surface area contributed by atoms with Gasteiger partial charge in [0.25, 0.3) is 0 Å². The second-order valence-corrected chi connectivity index (χ2v) is 7.91. The Morgan fingerprint density at radius 3 is 2.71 bits per heavy atom. The molecule has 2 aliphatic rings. The first-order valence-electron chi connectivity index (χ1n) is 9.57. The maximum atomic E-state index is 12.7. The molecule has 1 atom stereocenters. The van der Waals surface area contributed by atoms with Crippen molar-refractivity contribution < 1.29 is 19.1 Å². The van der Waals surface area contributed by atoms with E-state index in [-0.39, 0.29) is 42.6 Å². The zero-order valence-corrected chi connectivity index (χ0v) is 17.0. The molecule has 28 heavy (non-hydrogen) atoms. The molecule has 0 aromatic heterocycles. The predicted octanol–water partition coefficient (Wildman–Crippen LogP) is 2.54. The van der Waals surface area contributed by atoms with Gasteiger partial charge in [-0.2, -0.15) is 0 Å². The number of hydrogen-bond acceptors (Lipinski definition) is 4. The van der Waals surface area contributed by atoms with E-state index >= 15 is 0 Å². The molecule has 1 N–H and O–H groups in total. The van der Waals surface area contributed by atoms with Crippen molar-refractivity contribution in [2.45, 2.75) is 38.1 Å². The Morgan fingerprint density at radius 1 is 1.32 bits per heavy atom. The lowest BCUT2D eigenvalue weighted by Crippen LogP contribution is -2.40. The van der Waals surface area contributed by atoms with E-state index in [0.29, 0.717) is 23.0 Å². The number of likely N-dealkylation sites (N-methyl/N-ethyl adjacent to an activating group) is 1. The van der Waals surface area contributed by atoms with Gasteiger partial charge in [-0.05, 0) is 31.0 Å². The van der Waals surface area contributed by atoms with Crippen molar-refractivity contribution in [2.24, 2.45) is 5.92 Å². The molecule has 2 fully saturated rings. The van der Waals surface area contributed by atoms with Gasteiger partial charge < -0.3 is 19.9 Å². The Kier molecular flexibility index (Phi) is 6.44.